The number of carboxylic acids is 1. The number of H-pyrrole nitrogens is 1. The van der Waals surface area contributed by atoms with Crippen molar-refractivity contribution in [3.8, 4) is 0 Å². The maximum absolute atomic E-state index is 12.5. The Morgan fingerprint density at radius 2 is 1.88 bits per heavy atom. The van der Waals surface area contributed by atoms with Gasteiger partial charge >= 0.3 is 5.97 Å². The molecule has 2 fully saturated rings. The van der Waals surface area contributed by atoms with E-state index in [9.17, 15) is 14.7 Å². The highest BCUT2D eigenvalue weighted by molar-refractivity contribution is 6.05. The molecule has 5 rings (SSSR count). The van der Waals surface area contributed by atoms with Gasteiger partial charge in [-0.05, 0) is 54.4 Å². The summed E-state index contributed by atoms with van der Waals surface area (Å²) in [4.78, 5) is 30.5. The van der Waals surface area contributed by atoms with Crippen LogP contribution in [-0.2, 0) is 4.79 Å². The third-order valence-corrected chi connectivity index (χ3v) is 7.32. The first-order chi connectivity index (χ1) is 15.6. The summed E-state index contributed by atoms with van der Waals surface area (Å²) in [6.07, 6.45) is 5.02. The molecule has 2 bridgehead atoms. The number of carboxylic acid groups (broad SMARTS) is 1. The van der Waals surface area contributed by atoms with Crippen LogP contribution in [0.5, 0.6) is 0 Å². The Morgan fingerprint density at radius 3 is 2.61 bits per heavy atom. The number of aromatic amines is 1. The number of hydrogen-bond donors (Lipinski definition) is 3. The summed E-state index contributed by atoms with van der Waals surface area (Å²) in [5.41, 5.74) is 3.24. The van der Waals surface area contributed by atoms with E-state index in [4.69, 9.17) is 0 Å². The van der Waals surface area contributed by atoms with Gasteiger partial charge in [0.1, 0.15) is 6.04 Å². The van der Waals surface area contributed by atoms with Crippen molar-refractivity contribution in [3.63, 3.8) is 0 Å². The lowest BCUT2D eigenvalue weighted by Crippen LogP contribution is -2.39. The number of rotatable bonds is 5. The van der Waals surface area contributed by atoms with Crippen molar-refractivity contribution in [1.29, 1.82) is 0 Å². The fourth-order valence-corrected chi connectivity index (χ4v) is 6.50. The molecule has 2 aromatic carbocycles. The van der Waals surface area contributed by atoms with E-state index in [2.05, 4.69) is 36.0 Å². The first-order valence-corrected chi connectivity index (χ1v) is 11.6. The lowest BCUT2D eigenvalue weighted by atomic mass is 9.65. The second-order valence-electron chi connectivity index (χ2n) is 11.0. The molecule has 3 N–H and O–H groups in total. The maximum Gasteiger partial charge on any atom is 0.325 e. The van der Waals surface area contributed by atoms with Gasteiger partial charge in [0.25, 0.3) is 5.91 Å². The fraction of sp³-hybridized carbons (Fsp3) is 0.407. The third kappa shape index (κ3) is 4.04. The van der Waals surface area contributed by atoms with Crippen LogP contribution in [0.2, 0.25) is 0 Å². The van der Waals surface area contributed by atoms with Crippen molar-refractivity contribution in [3.05, 3.63) is 65.9 Å². The highest BCUT2D eigenvalue weighted by atomic mass is 16.4. The van der Waals surface area contributed by atoms with Crippen molar-refractivity contribution in [2.24, 2.45) is 10.8 Å². The number of carbonyl (C=O) groups is 2. The summed E-state index contributed by atoms with van der Waals surface area (Å²) < 4.78 is 0. The van der Waals surface area contributed by atoms with Gasteiger partial charge in [0, 0.05) is 46.5 Å². The number of nitrogens with zero attached hydrogens (tertiary/aromatic N) is 1. The zero-order chi connectivity index (χ0) is 23.4. The van der Waals surface area contributed by atoms with E-state index < -0.39 is 12.0 Å². The largest absolute Gasteiger partial charge is 0.480 e. The van der Waals surface area contributed by atoms with E-state index >= 15 is 0 Å². The minimum absolute atomic E-state index is 0.154. The van der Waals surface area contributed by atoms with Crippen LogP contribution in [0.4, 0.5) is 5.69 Å². The molecule has 1 aliphatic carbocycles. The zero-order valence-electron chi connectivity index (χ0n) is 19.4. The van der Waals surface area contributed by atoms with Gasteiger partial charge in [-0.15, -0.1) is 0 Å². The number of likely N-dealkylation sites (tertiary alicyclic amines) is 1. The molecule has 2 heterocycles. The number of anilines is 1. The lowest BCUT2D eigenvalue weighted by Gasteiger charge is -2.40. The number of benzene rings is 2. The SMILES string of the molecule is CC1(C)C[C@@H]2C[C@](C)(CN2[C@H](C(=O)O)c2c[nH]c3cc(NC(=O)c4ccccc4)ccc23)C1. The monoisotopic (exact) mass is 445 g/mol. The van der Waals surface area contributed by atoms with Gasteiger partial charge in [0.2, 0.25) is 0 Å². The highest BCUT2D eigenvalue weighted by Crippen LogP contribution is 2.54. The molecular formula is C27H31N3O3. The topological polar surface area (TPSA) is 85.4 Å². The summed E-state index contributed by atoms with van der Waals surface area (Å²) in [7, 11) is 0. The van der Waals surface area contributed by atoms with Gasteiger partial charge < -0.3 is 15.4 Å². The standard InChI is InChI=1S/C27H31N3O3/c1-26(2)12-19-13-27(3,15-26)16-30(19)23(25(32)33)21-14-28-22-11-18(9-10-20(21)22)29-24(31)17-7-5-4-6-8-17/h4-11,14,19,23,28H,12-13,15-16H2,1-3H3,(H,29,31)(H,32,33)/t19-,23+,27+/m1/s1. The van der Waals surface area contributed by atoms with Gasteiger partial charge in [-0.1, -0.05) is 45.0 Å². The Morgan fingerprint density at radius 1 is 1.12 bits per heavy atom. The van der Waals surface area contributed by atoms with Crippen LogP contribution >= 0.6 is 0 Å². The highest BCUT2D eigenvalue weighted by Gasteiger charge is 2.52. The van der Waals surface area contributed by atoms with E-state index in [1.54, 1.807) is 12.1 Å². The molecule has 6 nitrogen and oxygen atoms in total. The molecule has 1 amide bonds. The fourth-order valence-electron chi connectivity index (χ4n) is 6.50. The van der Waals surface area contributed by atoms with Crippen molar-refractivity contribution < 1.29 is 14.7 Å². The summed E-state index contributed by atoms with van der Waals surface area (Å²) in [5, 5.41) is 14.1. The Bertz CT molecular complexity index is 1220. The maximum atomic E-state index is 12.5. The van der Waals surface area contributed by atoms with Gasteiger partial charge in [-0.3, -0.25) is 14.5 Å². The van der Waals surface area contributed by atoms with Crippen LogP contribution in [0.1, 0.15) is 62.0 Å². The molecule has 1 aromatic heterocycles. The minimum atomic E-state index is -0.814. The number of aromatic nitrogens is 1. The number of carbonyl (C=O) groups excluding carboxylic acids is 1. The smallest absolute Gasteiger partial charge is 0.325 e. The van der Waals surface area contributed by atoms with E-state index in [1.165, 1.54) is 0 Å². The molecule has 172 valence electrons. The summed E-state index contributed by atoms with van der Waals surface area (Å²) >= 11 is 0. The van der Waals surface area contributed by atoms with Crippen LogP contribution < -0.4 is 5.32 Å². The Kier molecular flexibility index (Phi) is 5.09. The minimum Gasteiger partial charge on any atom is -0.480 e. The molecule has 1 saturated carbocycles. The van der Waals surface area contributed by atoms with Crippen LogP contribution in [0, 0.1) is 10.8 Å². The molecule has 0 unspecified atom stereocenters. The summed E-state index contributed by atoms with van der Waals surface area (Å²) in [6.45, 7) is 7.70. The van der Waals surface area contributed by atoms with Crippen LogP contribution in [0.3, 0.4) is 0 Å². The number of amides is 1. The van der Waals surface area contributed by atoms with Gasteiger partial charge in [-0.25, -0.2) is 0 Å². The second kappa shape index (κ2) is 7.73. The summed E-state index contributed by atoms with van der Waals surface area (Å²) in [5.74, 6) is -0.989. The number of hydrogen-bond acceptors (Lipinski definition) is 3. The zero-order valence-corrected chi connectivity index (χ0v) is 19.4. The predicted octanol–water partition coefficient (Wildman–Crippen LogP) is 5.45. The molecule has 33 heavy (non-hydrogen) atoms. The third-order valence-electron chi connectivity index (χ3n) is 7.32. The first-order valence-electron chi connectivity index (χ1n) is 11.6. The summed E-state index contributed by atoms with van der Waals surface area (Å²) in [6, 6.07) is 14.3. The molecular weight excluding hydrogens is 414 g/mol. The van der Waals surface area contributed by atoms with Crippen LogP contribution in [0.25, 0.3) is 10.9 Å². The molecule has 0 spiro atoms. The van der Waals surface area contributed by atoms with Gasteiger partial charge in [-0.2, -0.15) is 0 Å². The normalized spacial score (nSPS) is 25.1. The van der Waals surface area contributed by atoms with E-state index in [-0.39, 0.29) is 22.8 Å². The predicted molar refractivity (Wildman–Crippen MR) is 129 cm³/mol. The molecule has 2 aliphatic rings. The molecule has 6 heteroatoms. The first kappa shape index (κ1) is 21.7. The van der Waals surface area contributed by atoms with Crippen LogP contribution in [-0.4, -0.2) is 39.5 Å². The lowest BCUT2D eigenvalue weighted by molar-refractivity contribution is -0.144. The van der Waals surface area contributed by atoms with Crippen molar-refractivity contribution >= 4 is 28.5 Å². The van der Waals surface area contributed by atoms with E-state index in [1.807, 2.05) is 42.6 Å². The molecule has 0 radical (unpaired) electrons. The average molecular weight is 446 g/mol. The van der Waals surface area contributed by atoms with Gasteiger partial charge in [0.15, 0.2) is 0 Å². The van der Waals surface area contributed by atoms with Crippen molar-refractivity contribution in [2.45, 2.75) is 52.1 Å². The Hall–Kier alpha value is -3.12. The number of aliphatic carboxylic acids is 1. The van der Waals surface area contributed by atoms with E-state index in [0.717, 1.165) is 42.3 Å². The second-order valence-corrected chi connectivity index (χ2v) is 11.0. The molecule has 1 aliphatic heterocycles. The van der Waals surface area contributed by atoms with Crippen molar-refractivity contribution in [2.75, 3.05) is 11.9 Å². The van der Waals surface area contributed by atoms with Crippen molar-refractivity contribution in [1.82, 2.24) is 9.88 Å². The molecule has 3 aromatic rings. The average Bonchev–Trinajstić information content (AvgIpc) is 3.25. The molecule has 3 atom stereocenters. The number of fused-ring (bicyclic) bond motifs is 3. The quantitative estimate of drug-likeness (QED) is 0.488. The number of nitrogens with one attached hydrogen (secondary N) is 2. The van der Waals surface area contributed by atoms with Gasteiger partial charge in [0.05, 0.1) is 0 Å². The van der Waals surface area contributed by atoms with E-state index in [0.29, 0.717) is 11.3 Å². The Labute approximate surface area is 194 Å². The Balaban J connectivity index is 1.44. The van der Waals surface area contributed by atoms with Crippen LogP contribution in [0.15, 0.2) is 54.7 Å². The molecule has 1 saturated heterocycles.